The van der Waals surface area contributed by atoms with Crippen molar-refractivity contribution in [2.45, 2.75) is 52.7 Å². The molecule has 2 heterocycles. The van der Waals surface area contributed by atoms with Gasteiger partial charge in [-0.3, -0.25) is 4.90 Å². The first-order valence-electron chi connectivity index (χ1n) is 8.04. The van der Waals surface area contributed by atoms with Crippen LogP contribution in [0.2, 0.25) is 0 Å². The Balaban J connectivity index is 1.95. The van der Waals surface area contributed by atoms with Crippen LogP contribution in [0.4, 0.5) is 5.82 Å². The van der Waals surface area contributed by atoms with E-state index in [-0.39, 0.29) is 5.54 Å². The number of pyridine rings is 1. The predicted octanol–water partition coefficient (Wildman–Crippen LogP) is 2.50. The van der Waals surface area contributed by atoms with E-state index in [1.165, 1.54) is 5.56 Å². The minimum Gasteiger partial charge on any atom is -0.354 e. The Kier molecular flexibility index (Phi) is 5.22. The zero-order chi connectivity index (χ0) is 15.5. The molecule has 0 aromatic carbocycles. The van der Waals surface area contributed by atoms with Crippen molar-refractivity contribution in [3.63, 3.8) is 0 Å². The van der Waals surface area contributed by atoms with E-state index in [0.717, 1.165) is 38.5 Å². The fourth-order valence-electron chi connectivity index (χ4n) is 2.67. The minimum atomic E-state index is 0.266. The number of aromatic nitrogens is 1. The molecule has 21 heavy (non-hydrogen) atoms. The van der Waals surface area contributed by atoms with Crippen molar-refractivity contribution < 1.29 is 0 Å². The second kappa shape index (κ2) is 6.75. The standard InChI is InChI=1S/C17H30N4/c1-14(2)19-13-15-6-7-18-16(12-15)20-8-10-21(11-9-20)17(3,4)5/h6-7,12,14,19H,8-11,13H2,1-5H3. The number of nitrogens with zero attached hydrogens (tertiary/aromatic N) is 3. The molecule has 1 aliphatic rings. The maximum Gasteiger partial charge on any atom is 0.128 e. The summed E-state index contributed by atoms with van der Waals surface area (Å²) in [5, 5.41) is 3.46. The average Bonchev–Trinajstić information content (AvgIpc) is 2.45. The highest BCUT2D eigenvalue weighted by molar-refractivity contribution is 5.41. The molecule has 0 spiro atoms. The van der Waals surface area contributed by atoms with Crippen molar-refractivity contribution in [3.05, 3.63) is 23.9 Å². The van der Waals surface area contributed by atoms with Gasteiger partial charge in [0.15, 0.2) is 0 Å². The molecule has 1 aliphatic heterocycles. The summed E-state index contributed by atoms with van der Waals surface area (Å²) in [5.74, 6) is 1.12. The van der Waals surface area contributed by atoms with Crippen LogP contribution in [0, 0.1) is 0 Å². The molecule has 0 atom stereocenters. The van der Waals surface area contributed by atoms with Crippen LogP contribution >= 0.6 is 0 Å². The zero-order valence-electron chi connectivity index (χ0n) is 14.2. The molecule has 1 aromatic heterocycles. The van der Waals surface area contributed by atoms with Gasteiger partial charge < -0.3 is 10.2 Å². The van der Waals surface area contributed by atoms with Crippen LogP contribution in [-0.2, 0) is 6.54 Å². The quantitative estimate of drug-likeness (QED) is 0.923. The third-order valence-electron chi connectivity index (χ3n) is 4.08. The van der Waals surface area contributed by atoms with E-state index in [1.807, 2.05) is 6.20 Å². The number of piperazine rings is 1. The summed E-state index contributed by atoms with van der Waals surface area (Å²) in [5.41, 5.74) is 1.58. The highest BCUT2D eigenvalue weighted by atomic mass is 15.3. The van der Waals surface area contributed by atoms with E-state index in [9.17, 15) is 0 Å². The second-order valence-corrected chi connectivity index (χ2v) is 7.20. The monoisotopic (exact) mass is 290 g/mol. The summed E-state index contributed by atoms with van der Waals surface area (Å²) in [4.78, 5) is 9.51. The Bertz CT molecular complexity index is 442. The van der Waals surface area contributed by atoms with Crippen molar-refractivity contribution in [1.29, 1.82) is 0 Å². The molecule has 4 nitrogen and oxygen atoms in total. The molecule has 118 valence electrons. The van der Waals surface area contributed by atoms with Crippen molar-refractivity contribution in [2.75, 3.05) is 31.1 Å². The average molecular weight is 290 g/mol. The largest absolute Gasteiger partial charge is 0.354 e. The van der Waals surface area contributed by atoms with E-state index >= 15 is 0 Å². The third-order valence-corrected chi connectivity index (χ3v) is 4.08. The highest BCUT2D eigenvalue weighted by Crippen LogP contribution is 2.19. The van der Waals surface area contributed by atoms with Crippen LogP contribution < -0.4 is 10.2 Å². The number of anilines is 1. The van der Waals surface area contributed by atoms with Gasteiger partial charge in [-0.15, -0.1) is 0 Å². The number of nitrogens with one attached hydrogen (secondary N) is 1. The topological polar surface area (TPSA) is 31.4 Å². The lowest BCUT2D eigenvalue weighted by Crippen LogP contribution is -2.53. The molecule has 1 N–H and O–H groups in total. The summed E-state index contributed by atoms with van der Waals surface area (Å²) < 4.78 is 0. The van der Waals surface area contributed by atoms with Gasteiger partial charge in [0.25, 0.3) is 0 Å². The second-order valence-electron chi connectivity index (χ2n) is 7.20. The maximum atomic E-state index is 4.56. The number of rotatable bonds is 4. The van der Waals surface area contributed by atoms with E-state index in [2.05, 4.69) is 66.9 Å². The van der Waals surface area contributed by atoms with Crippen LogP contribution in [0.3, 0.4) is 0 Å². The Morgan fingerprint density at radius 1 is 1.19 bits per heavy atom. The Morgan fingerprint density at radius 2 is 1.86 bits per heavy atom. The third kappa shape index (κ3) is 4.68. The molecule has 2 rings (SSSR count). The van der Waals surface area contributed by atoms with Crippen LogP contribution in [0.5, 0.6) is 0 Å². The van der Waals surface area contributed by atoms with Gasteiger partial charge in [-0.25, -0.2) is 4.98 Å². The molecular weight excluding hydrogens is 260 g/mol. The van der Waals surface area contributed by atoms with E-state index in [0.29, 0.717) is 6.04 Å². The van der Waals surface area contributed by atoms with Gasteiger partial charge in [-0.1, -0.05) is 13.8 Å². The van der Waals surface area contributed by atoms with Gasteiger partial charge in [0.2, 0.25) is 0 Å². The highest BCUT2D eigenvalue weighted by Gasteiger charge is 2.26. The lowest BCUT2D eigenvalue weighted by molar-refractivity contribution is 0.128. The molecule has 0 saturated carbocycles. The predicted molar refractivity (Wildman–Crippen MR) is 89.8 cm³/mol. The van der Waals surface area contributed by atoms with E-state index < -0.39 is 0 Å². The molecule has 0 unspecified atom stereocenters. The van der Waals surface area contributed by atoms with Crippen molar-refractivity contribution in [3.8, 4) is 0 Å². The van der Waals surface area contributed by atoms with Crippen molar-refractivity contribution >= 4 is 5.82 Å². The minimum absolute atomic E-state index is 0.266. The van der Waals surface area contributed by atoms with Gasteiger partial charge in [0, 0.05) is 50.5 Å². The van der Waals surface area contributed by atoms with Crippen LogP contribution in [-0.4, -0.2) is 47.6 Å². The molecule has 1 saturated heterocycles. The first-order valence-corrected chi connectivity index (χ1v) is 8.04. The van der Waals surface area contributed by atoms with Crippen LogP contribution in [0.1, 0.15) is 40.2 Å². The molecular formula is C17H30N4. The van der Waals surface area contributed by atoms with E-state index in [1.54, 1.807) is 0 Å². The molecule has 1 aromatic rings. The van der Waals surface area contributed by atoms with Crippen LogP contribution in [0.15, 0.2) is 18.3 Å². The zero-order valence-corrected chi connectivity index (χ0v) is 14.2. The van der Waals surface area contributed by atoms with Gasteiger partial charge in [0.1, 0.15) is 5.82 Å². The molecule has 0 radical (unpaired) electrons. The lowest BCUT2D eigenvalue weighted by atomic mass is 10.0. The first kappa shape index (κ1) is 16.2. The molecule has 0 aliphatic carbocycles. The number of hydrogen-bond donors (Lipinski definition) is 1. The number of hydrogen-bond acceptors (Lipinski definition) is 4. The van der Waals surface area contributed by atoms with Gasteiger partial charge in [-0.2, -0.15) is 0 Å². The molecule has 0 bridgehead atoms. The Labute approximate surface area is 129 Å². The summed E-state index contributed by atoms with van der Waals surface area (Å²) in [7, 11) is 0. The maximum absolute atomic E-state index is 4.56. The lowest BCUT2D eigenvalue weighted by Gasteiger charge is -2.42. The fraction of sp³-hybridized carbons (Fsp3) is 0.706. The van der Waals surface area contributed by atoms with E-state index in [4.69, 9.17) is 0 Å². The summed E-state index contributed by atoms with van der Waals surface area (Å²) in [6.07, 6.45) is 1.93. The van der Waals surface area contributed by atoms with Gasteiger partial charge in [-0.05, 0) is 38.5 Å². The molecule has 0 amide bonds. The summed E-state index contributed by atoms with van der Waals surface area (Å²) in [6, 6.07) is 4.84. The molecule has 4 heteroatoms. The summed E-state index contributed by atoms with van der Waals surface area (Å²) in [6.45, 7) is 16.5. The Morgan fingerprint density at radius 3 is 2.43 bits per heavy atom. The van der Waals surface area contributed by atoms with Gasteiger partial charge in [0.05, 0.1) is 0 Å². The van der Waals surface area contributed by atoms with Crippen molar-refractivity contribution in [2.24, 2.45) is 0 Å². The molecule has 1 fully saturated rings. The van der Waals surface area contributed by atoms with Crippen LogP contribution in [0.25, 0.3) is 0 Å². The smallest absolute Gasteiger partial charge is 0.128 e. The Hall–Kier alpha value is -1.13. The normalized spacial score (nSPS) is 17.5. The first-order chi connectivity index (χ1) is 9.86. The van der Waals surface area contributed by atoms with Gasteiger partial charge >= 0.3 is 0 Å². The van der Waals surface area contributed by atoms with Crippen molar-refractivity contribution in [1.82, 2.24) is 15.2 Å². The fourth-order valence-corrected chi connectivity index (χ4v) is 2.67. The SMILES string of the molecule is CC(C)NCc1ccnc(N2CCN(C(C)(C)C)CC2)c1. The summed E-state index contributed by atoms with van der Waals surface area (Å²) >= 11 is 0.